The first-order valence-corrected chi connectivity index (χ1v) is 7.71. The van der Waals surface area contributed by atoms with Crippen LogP contribution in [-0.4, -0.2) is 6.10 Å². The van der Waals surface area contributed by atoms with Gasteiger partial charge in [0.05, 0.1) is 0 Å². The van der Waals surface area contributed by atoms with E-state index in [1.54, 1.807) is 0 Å². The van der Waals surface area contributed by atoms with Crippen LogP contribution in [0.4, 0.5) is 0 Å². The molecule has 116 valence electrons. The lowest BCUT2D eigenvalue weighted by atomic mass is 9.80. The maximum Gasteiger partial charge on any atom is 0.336 e. The van der Waals surface area contributed by atoms with E-state index in [0.717, 1.165) is 28.7 Å². The van der Waals surface area contributed by atoms with E-state index >= 15 is 0 Å². The van der Waals surface area contributed by atoms with E-state index in [1.807, 2.05) is 6.07 Å². The second kappa shape index (κ2) is 5.01. The number of rotatable bonds is 2. The van der Waals surface area contributed by atoms with Crippen molar-refractivity contribution < 1.29 is 9.15 Å². The molecule has 1 aromatic carbocycles. The Labute approximate surface area is 130 Å². The molecule has 2 heterocycles. The Morgan fingerprint density at radius 3 is 2.73 bits per heavy atom. The predicted octanol–water partition coefficient (Wildman–Crippen LogP) is 4.36. The molecule has 22 heavy (non-hydrogen) atoms. The van der Waals surface area contributed by atoms with Gasteiger partial charge < -0.3 is 9.15 Å². The zero-order chi connectivity index (χ0) is 16.1. The molecular formula is C19H22O3. The maximum atomic E-state index is 11.7. The summed E-state index contributed by atoms with van der Waals surface area (Å²) in [6.45, 7) is 10.5. The molecule has 2 aromatic rings. The van der Waals surface area contributed by atoms with Crippen LogP contribution in [0.5, 0.6) is 5.75 Å². The molecule has 0 spiro atoms. The fourth-order valence-corrected chi connectivity index (χ4v) is 2.97. The molecule has 3 nitrogen and oxygen atoms in total. The summed E-state index contributed by atoms with van der Waals surface area (Å²) in [6.07, 6.45) is 3.06. The number of benzene rings is 1. The highest BCUT2D eigenvalue weighted by Gasteiger charge is 2.42. The molecule has 0 amide bonds. The number of allylic oxidation sites excluding steroid dienone is 2. The van der Waals surface area contributed by atoms with Gasteiger partial charge in [0.2, 0.25) is 0 Å². The van der Waals surface area contributed by atoms with Gasteiger partial charge in [0.25, 0.3) is 0 Å². The summed E-state index contributed by atoms with van der Waals surface area (Å²) in [5, 5.41) is 0.960. The molecule has 1 aliphatic rings. The molecule has 1 aliphatic heterocycles. The first-order chi connectivity index (χ1) is 10.3. The second-order valence-corrected chi connectivity index (χ2v) is 6.88. The molecule has 3 heteroatoms. The van der Waals surface area contributed by atoms with Crippen LogP contribution in [0.1, 0.15) is 45.7 Å². The van der Waals surface area contributed by atoms with Crippen LogP contribution in [0.15, 0.2) is 39.1 Å². The topological polar surface area (TPSA) is 39.4 Å². The van der Waals surface area contributed by atoms with Gasteiger partial charge in [-0.3, -0.25) is 0 Å². The van der Waals surface area contributed by atoms with Crippen LogP contribution in [0.3, 0.4) is 0 Å². The number of ether oxygens (including phenoxy) is 1. The average Bonchev–Trinajstić information content (AvgIpc) is 2.67. The van der Waals surface area contributed by atoms with Gasteiger partial charge in [-0.25, -0.2) is 4.79 Å². The SMILES string of the molecule is CC(C)=CCc1cc2ccc(=O)oc2c2c1O[C@H](C)C2(C)C. The summed E-state index contributed by atoms with van der Waals surface area (Å²) < 4.78 is 11.7. The Hall–Kier alpha value is -2.03. The van der Waals surface area contributed by atoms with Gasteiger partial charge in [0, 0.05) is 22.4 Å². The van der Waals surface area contributed by atoms with Gasteiger partial charge >= 0.3 is 5.63 Å². The van der Waals surface area contributed by atoms with Crippen molar-refractivity contribution in [2.24, 2.45) is 0 Å². The highest BCUT2D eigenvalue weighted by molar-refractivity contribution is 5.85. The van der Waals surface area contributed by atoms with Gasteiger partial charge in [-0.15, -0.1) is 0 Å². The fraction of sp³-hybridized carbons (Fsp3) is 0.421. The van der Waals surface area contributed by atoms with Gasteiger partial charge in [-0.05, 0) is 44.9 Å². The van der Waals surface area contributed by atoms with Crippen molar-refractivity contribution in [2.45, 2.75) is 52.6 Å². The van der Waals surface area contributed by atoms with E-state index < -0.39 is 0 Å². The fourth-order valence-electron chi connectivity index (χ4n) is 2.97. The van der Waals surface area contributed by atoms with Gasteiger partial charge in [0.1, 0.15) is 17.4 Å². The van der Waals surface area contributed by atoms with Crippen LogP contribution in [0, 0.1) is 0 Å². The molecule has 0 radical (unpaired) electrons. The largest absolute Gasteiger partial charge is 0.489 e. The minimum absolute atomic E-state index is 0.0454. The molecule has 0 saturated heterocycles. The maximum absolute atomic E-state index is 11.7. The first kappa shape index (κ1) is 14.9. The number of hydrogen-bond acceptors (Lipinski definition) is 3. The van der Waals surface area contributed by atoms with E-state index in [9.17, 15) is 4.79 Å². The molecule has 0 unspecified atom stereocenters. The van der Waals surface area contributed by atoms with E-state index in [0.29, 0.717) is 5.58 Å². The summed E-state index contributed by atoms with van der Waals surface area (Å²) in [4.78, 5) is 11.7. The lowest BCUT2D eigenvalue weighted by molar-refractivity contribution is 0.184. The van der Waals surface area contributed by atoms with Crippen molar-refractivity contribution in [2.75, 3.05) is 0 Å². The standard InChI is InChI=1S/C19H22O3/c1-11(2)6-7-13-10-14-8-9-15(20)22-18(14)16-17(13)21-12(3)19(16,4)5/h6,8-10,12H,7H2,1-5H3/t12-/m1/s1. The highest BCUT2D eigenvalue weighted by atomic mass is 16.5. The molecule has 0 N–H and O–H groups in total. The van der Waals surface area contributed by atoms with Crippen LogP contribution in [0.2, 0.25) is 0 Å². The molecule has 0 bridgehead atoms. The molecule has 0 aliphatic carbocycles. The normalized spacial score (nSPS) is 18.9. The summed E-state index contributed by atoms with van der Waals surface area (Å²) >= 11 is 0. The van der Waals surface area contributed by atoms with Gasteiger partial charge in [-0.2, -0.15) is 0 Å². The lowest BCUT2D eigenvalue weighted by Crippen LogP contribution is -2.29. The second-order valence-electron chi connectivity index (χ2n) is 6.88. The van der Waals surface area contributed by atoms with Crippen molar-refractivity contribution >= 4 is 11.0 Å². The lowest BCUT2D eigenvalue weighted by Gasteiger charge is -2.22. The third-order valence-corrected chi connectivity index (χ3v) is 4.62. The Morgan fingerprint density at radius 1 is 1.32 bits per heavy atom. The number of fused-ring (bicyclic) bond motifs is 3. The zero-order valence-corrected chi connectivity index (χ0v) is 13.8. The van der Waals surface area contributed by atoms with Gasteiger partial charge in [-0.1, -0.05) is 25.5 Å². The molecular weight excluding hydrogens is 276 g/mol. The summed E-state index contributed by atoms with van der Waals surface area (Å²) in [5.41, 5.74) is 3.60. The van der Waals surface area contributed by atoms with Crippen LogP contribution in [0.25, 0.3) is 11.0 Å². The predicted molar refractivity (Wildman–Crippen MR) is 88.7 cm³/mol. The van der Waals surface area contributed by atoms with Crippen LogP contribution < -0.4 is 10.4 Å². The molecule has 1 aromatic heterocycles. The monoisotopic (exact) mass is 298 g/mol. The highest BCUT2D eigenvalue weighted by Crippen LogP contribution is 2.48. The first-order valence-electron chi connectivity index (χ1n) is 7.71. The zero-order valence-electron chi connectivity index (χ0n) is 13.8. The Morgan fingerprint density at radius 2 is 2.05 bits per heavy atom. The molecule has 1 atom stereocenters. The van der Waals surface area contributed by atoms with Crippen LogP contribution >= 0.6 is 0 Å². The van der Waals surface area contributed by atoms with Crippen molar-refractivity contribution in [1.29, 1.82) is 0 Å². The molecule has 0 fully saturated rings. The molecule has 3 rings (SSSR count). The summed E-state index contributed by atoms with van der Waals surface area (Å²) in [7, 11) is 0. The average molecular weight is 298 g/mol. The Kier molecular flexibility index (Phi) is 3.39. The third kappa shape index (κ3) is 2.25. The van der Waals surface area contributed by atoms with Crippen molar-refractivity contribution in [3.63, 3.8) is 0 Å². The minimum atomic E-state index is -0.317. The van der Waals surface area contributed by atoms with Crippen LogP contribution in [-0.2, 0) is 11.8 Å². The van der Waals surface area contributed by atoms with E-state index in [-0.39, 0.29) is 17.1 Å². The van der Waals surface area contributed by atoms with Gasteiger partial charge in [0.15, 0.2) is 0 Å². The van der Waals surface area contributed by atoms with Crippen molar-refractivity contribution in [3.8, 4) is 5.75 Å². The van der Waals surface area contributed by atoms with E-state index in [1.165, 1.54) is 11.6 Å². The Bertz CT molecular complexity index is 820. The summed E-state index contributed by atoms with van der Waals surface area (Å²) in [6, 6.07) is 5.39. The van der Waals surface area contributed by atoms with Crippen molar-refractivity contribution in [1.82, 2.24) is 0 Å². The number of hydrogen-bond donors (Lipinski definition) is 0. The minimum Gasteiger partial charge on any atom is -0.489 e. The van der Waals surface area contributed by atoms with Crippen molar-refractivity contribution in [3.05, 3.63) is 51.4 Å². The van der Waals surface area contributed by atoms with E-state index in [2.05, 4.69) is 46.8 Å². The third-order valence-electron chi connectivity index (χ3n) is 4.62. The van der Waals surface area contributed by atoms with E-state index in [4.69, 9.17) is 9.15 Å². The summed E-state index contributed by atoms with van der Waals surface area (Å²) in [5.74, 6) is 0.886. The smallest absolute Gasteiger partial charge is 0.336 e. The quantitative estimate of drug-likeness (QED) is 0.611. The molecule has 0 saturated carbocycles. The Balaban J connectivity index is 2.33.